The van der Waals surface area contributed by atoms with Crippen LogP contribution >= 0.6 is 0 Å². The van der Waals surface area contributed by atoms with Crippen molar-refractivity contribution in [3.05, 3.63) is 29.6 Å². The second-order valence-corrected chi connectivity index (χ2v) is 3.87. The molecule has 2 unspecified atom stereocenters. The third-order valence-electron chi connectivity index (χ3n) is 2.47. The van der Waals surface area contributed by atoms with Crippen LogP contribution < -0.4 is 5.32 Å². The quantitative estimate of drug-likeness (QED) is 0.745. The molecule has 3 N–H and O–H groups in total. The molecule has 7 heteroatoms. The second-order valence-electron chi connectivity index (χ2n) is 3.87. The summed E-state index contributed by atoms with van der Waals surface area (Å²) in [5.41, 5.74) is -1.08. The summed E-state index contributed by atoms with van der Waals surface area (Å²) in [5.74, 6) is 0. The maximum atomic E-state index is 12.5. The lowest BCUT2D eigenvalue weighted by Crippen LogP contribution is -2.24. The Morgan fingerprint density at radius 1 is 1.39 bits per heavy atom. The van der Waals surface area contributed by atoms with Crippen molar-refractivity contribution >= 4 is 0 Å². The minimum atomic E-state index is -4.49. The Balaban J connectivity index is 2.83. The fraction of sp³-hybridized carbons (Fsp3) is 0.545. The van der Waals surface area contributed by atoms with Gasteiger partial charge in [-0.2, -0.15) is 13.2 Å². The molecule has 1 heterocycles. The first kappa shape index (κ1) is 14.9. The number of halogens is 3. The Hall–Kier alpha value is -1.18. The van der Waals surface area contributed by atoms with E-state index in [0.29, 0.717) is 6.54 Å². The summed E-state index contributed by atoms with van der Waals surface area (Å²) < 4.78 is 37.4. The highest BCUT2D eigenvalue weighted by Crippen LogP contribution is 2.30. The third kappa shape index (κ3) is 3.94. The first-order valence-corrected chi connectivity index (χ1v) is 5.40. The minimum Gasteiger partial charge on any atom is -0.390 e. The van der Waals surface area contributed by atoms with Crippen LogP contribution in [0.3, 0.4) is 0 Å². The second kappa shape index (κ2) is 6.12. The molecule has 0 aliphatic rings. The van der Waals surface area contributed by atoms with Gasteiger partial charge in [0, 0.05) is 6.20 Å². The zero-order valence-electron chi connectivity index (χ0n) is 9.78. The summed E-state index contributed by atoms with van der Waals surface area (Å²) in [6.07, 6.45) is -5.90. The number of aromatic nitrogens is 1. The van der Waals surface area contributed by atoms with Gasteiger partial charge in [-0.25, -0.2) is 0 Å². The van der Waals surface area contributed by atoms with Crippen LogP contribution in [-0.2, 0) is 6.18 Å². The highest BCUT2D eigenvalue weighted by atomic mass is 19.4. The summed E-state index contributed by atoms with van der Waals surface area (Å²) in [4.78, 5) is 3.65. The van der Waals surface area contributed by atoms with Crippen molar-refractivity contribution in [1.82, 2.24) is 10.3 Å². The minimum absolute atomic E-state index is 0.187. The largest absolute Gasteiger partial charge is 0.416 e. The summed E-state index contributed by atoms with van der Waals surface area (Å²) in [7, 11) is 1.67. The van der Waals surface area contributed by atoms with Crippen molar-refractivity contribution in [3.8, 4) is 0 Å². The van der Waals surface area contributed by atoms with Gasteiger partial charge in [-0.3, -0.25) is 4.98 Å². The van der Waals surface area contributed by atoms with E-state index in [4.69, 9.17) is 0 Å². The van der Waals surface area contributed by atoms with Crippen molar-refractivity contribution in [2.24, 2.45) is 0 Å². The third-order valence-corrected chi connectivity index (χ3v) is 2.47. The zero-order chi connectivity index (χ0) is 13.8. The van der Waals surface area contributed by atoms with E-state index in [9.17, 15) is 23.4 Å². The lowest BCUT2D eigenvalue weighted by molar-refractivity contribution is -0.137. The van der Waals surface area contributed by atoms with Crippen molar-refractivity contribution in [1.29, 1.82) is 0 Å². The van der Waals surface area contributed by atoms with Gasteiger partial charge in [-0.15, -0.1) is 0 Å². The molecule has 2 atom stereocenters. The number of aliphatic hydroxyl groups is 2. The van der Waals surface area contributed by atoms with Gasteiger partial charge in [0.15, 0.2) is 0 Å². The zero-order valence-corrected chi connectivity index (χ0v) is 9.78. The molecule has 0 radical (unpaired) electrons. The number of nitrogens with zero attached hydrogens (tertiary/aromatic N) is 1. The van der Waals surface area contributed by atoms with Crippen LogP contribution in [0.15, 0.2) is 18.3 Å². The fourth-order valence-corrected chi connectivity index (χ4v) is 1.43. The summed E-state index contributed by atoms with van der Waals surface area (Å²) in [6.45, 7) is 0.442. The van der Waals surface area contributed by atoms with Crippen LogP contribution in [0.25, 0.3) is 0 Å². The number of alkyl halides is 3. The van der Waals surface area contributed by atoms with Crippen molar-refractivity contribution in [3.63, 3.8) is 0 Å². The molecule has 0 saturated carbocycles. The predicted molar refractivity (Wildman–Crippen MR) is 58.7 cm³/mol. The Morgan fingerprint density at radius 2 is 2.06 bits per heavy atom. The molecule has 1 aromatic heterocycles. The predicted octanol–water partition coefficient (Wildman–Crippen LogP) is 1.10. The Labute approximate surface area is 102 Å². The molecule has 102 valence electrons. The number of aliphatic hydroxyl groups excluding tert-OH is 2. The van der Waals surface area contributed by atoms with Crippen molar-refractivity contribution in [2.75, 3.05) is 13.6 Å². The van der Waals surface area contributed by atoms with Gasteiger partial charge in [-0.1, -0.05) is 0 Å². The first-order valence-electron chi connectivity index (χ1n) is 5.40. The van der Waals surface area contributed by atoms with E-state index < -0.39 is 23.9 Å². The van der Waals surface area contributed by atoms with Gasteiger partial charge in [-0.05, 0) is 32.1 Å². The molecule has 1 rings (SSSR count). The van der Waals surface area contributed by atoms with Gasteiger partial charge in [0.2, 0.25) is 0 Å². The lowest BCUT2D eigenvalue weighted by Gasteiger charge is -2.18. The van der Waals surface area contributed by atoms with Crippen LogP contribution in [-0.4, -0.2) is 34.9 Å². The summed E-state index contributed by atoms with van der Waals surface area (Å²) in [6, 6.07) is 1.56. The van der Waals surface area contributed by atoms with Gasteiger partial charge >= 0.3 is 6.18 Å². The maximum Gasteiger partial charge on any atom is 0.416 e. The summed E-state index contributed by atoms with van der Waals surface area (Å²) >= 11 is 0. The van der Waals surface area contributed by atoms with Gasteiger partial charge in [0.05, 0.1) is 17.4 Å². The molecular formula is C11H15F3N2O2. The smallest absolute Gasteiger partial charge is 0.390 e. The van der Waals surface area contributed by atoms with Crippen LogP contribution in [0, 0.1) is 0 Å². The van der Waals surface area contributed by atoms with E-state index >= 15 is 0 Å². The van der Waals surface area contributed by atoms with Gasteiger partial charge < -0.3 is 15.5 Å². The monoisotopic (exact) mass is 264 g/mol. The molecular weight excluding hydrogens is 249 g/mol. The molecule has 0 saturated heterocycles. The number of hydrogen-bond donors (Lipinski definition) is 3. The number of rotatable bonds is 5. The normalized spacial score (nSPS) is 15.4. The van der Waals surface area contributed by atoms with Gasteiger partial charge in [0.1, 0.15) is 6.10 Å². The van der Waals surface area contributed by atoms with E-state index in [1.54, 1.807) is 7.05 Å². The molecule has 0 bridgehead atoms. The molecule has 0 amide bonds. The molecule has 18 heavy (non-hydrogen) atoms. The van der Waals surface area contributed by atoms with E-state index in [0.717, 1.165) is 18.3 Å². The molecule has 1 aromatic rings. The molecule has 0 fully saturated rings. The number of pyridine rings is 1. The molecule has 0 spiro atoms. The van der Waals surface area contributed by atoms with Crippen LogP contribution in [0.2, 0.25) is 0 Å². The maximum absolute atomic E-state index is 12.5. The fourth-order valence-electron chi connectivity index (χ4n) is 1.43. The van der Waals surface area contributed by atoms with Gasteiger partial charge in [0.25, 0.3) is 0 Å². The van der Waals surface area contributed by atoms with Crippen LogP contribution in [0.4, 0.5) is 13.2 Å². The van der Waals surface area contributed by atoms with E-state index in [1.807, 2.05) is 0 Å². The SMILES string of the molecule is CNCCC(O)C(O)c1cc(C(F)(F)F)ccn1. The number of nitrogens with one attached hydrogen (secondary N) is 1. The molecule has 0 aliphatic heterocycles. The Morgan fingerprint density at radius 3 is 2.61 bits per heavy atom. The van der Waals surface area contributed by atoms with E-state index in [2.05, 4.69) is 10.3 Å². The molecule has 0 aliphatic carbocycles. The van der Waals surface area contributed by atoms with E-state index in [1.165, 1.54) is 0 Å². The Bertz CT molecular complexity index is 385. The van der Waals surface area contributed by atoms with Crippen molar-refractivity contribution < 1.29 is 23.4 Å². The van der Waals surface area contributed by atoms with Crippen LogP contribution in [0.5, 0.6) is 0 Å². The first-order chi connectivity index (χ1) is 8.36. The molecule has 4 nitrogen and oxygen atoms in total. The molecule has 0 aromatic carbocycles. The standard InChI is InChI=1S/C11H15F3N2O2/c1-15-4-3-9(17)10(18)8-6-7(2-5-16-8)11(12,13)14/h2,5-6,9-10,15,17-18H,3-4H2,1H3. The Kier molecular flexibility index (Phi) is 5.06. The lowest BCUT2D eigenvalue weighted by atomic mass is 10.1. The summed E-state index contributed by atoms with van der Waals surface area (Å²) in [5, 5.41) is 22.1. The van der Waals surface area contributed by atoms with Crippen LogP contribution in [0.1, 0.15) is 23.8 Å². The highest BCUT2D eigenvalue weighted by molar-refractivity contribution is 5.21. The van der Waals surface area contributed by atoms with E-state index in [-0.39, 0.29) is 12.1 Å². The number of hydrogen-bond acceptors (Lipinski definition) is 4. The topological polar surface area (TPSA) is 65.4 Å². The highest BCUT2D eigenvalue weighted by Gasteiger charge is 2.32. The average Bonchev–Trinajstić information content (AvgIpc) is 2.34. The van der Waals surface area contributed by atoms with Crippen molar-refractivity contribution in [2.45, 2.75) is 24.8 Å². The average molecular weight is 264 g/mol.